The van der Waals surface area contributed by atoms with Crippen LogP contribution in [0, 0.1) is 0 Å². The van der Waals surface area contributed by atoms with Crippen LogP contribution in [-0.4, -0.2) is 34.2 Å². The zero-order valence-electron chi connectivity index (χ0n) is 11.0. The van der Waals surface area contributed by atoms with Crippen molar-refractivity contribution in [2.24, 2.45) is 0 Å². The highest BCUT2D eigenvalue weighted by molar-refractivity contribution is 5.87. The van der Waals surface area contributed by atoms with Crippen LogP contribution in [0.15, 0.2) is 48.6 Å². The topological polar surface area (TPSA) is 101 Å². The summed E-state index contributed by atoms with van der Waals surface area (Å²) in [6.45, 7) is 0. The molecule has 0 amide bonds. The van der Waals surface area contributed by atoms with Gasteiger partial charge in [0.15, 0.2) is 0 Å². The molecule has 1 aromatic rings. The molecule has 0 saturated heterocycles. The zero-order valence-corrected chi connectivity index (χ0v) is 11.0. The van der Waals surface area contributed by atoms with Crippen LogP contribution >= 0.6 is 0 Å². The van der Waals surface area contributed by atoms with E-state index in [1.807, 2.05) is 30.3 Å². The van der Waals surface area contributed by atoms with Crippen LogP contribution in [0.2, 0.25) is 0 Å². The van der Waals surface area contributed by atoms with Gasteiger partial charge in [-0.05, 0) is 5.56 Å². The van der Waals surface area contributed by atoms with Crippen LogP contribution in [-0.2, 0) is 19.1 Å². The minimum Gasteiger partial charge on any atom is -0.481 e. The number of allylic oxidation sites excluding steroid dienone is 2. The van der Waals surface area contributed by atoms with Gasteiger partial charge < -0.3 is 14.9 Å². The highest BCUT2D eigenvalue weighted by atomic mass is 16.6. The number of ether oxygens (including phenoxy) is 1. The Morgan fingerprint density at radius 1 is 1.10 bits per heavy atom. The van der Waals surface area contributed by atoms with Gasteiger partial charge in [-0.15, -0.1) is 0 Å². The van der Waals surface area contributed by atoms with E-state index in [0.717, 1.165) is 11.6 Å². The van der Waals surface area contributed by atoms with E-state index in [1.165, 1.54) is 6.08 Å². The molecule has 21 heavy (non-hydrogen) atoms. The Balaban J connectivity index is 2.52. The number of hydrogen-bond acceptors (Lipinski definition) is 4. The van der Waals surface area contributed by atoms with E-state index in [4.69, 9.17) is 10.2 Å². The van der Waals surface area contributed by atoms with Gasteiger partial charge in [-0.2, -0.15) is 0 Å². The molecule has 2 N–H and O–H groups in total. The molecule has 1 atom stereocenters. The summed E-state index contributed by atoms with van der Waals surface area (Å²) in [6, 6.07) is 9.34. The highest BCUT2D eigenvalue weighted by Gasteiger charge is 2.24. The first kappa shape index (κ1) is 16.2. The minimum atomic E-state index is -1.70. The molecule has 0 aliphatic carbocycles. The lowest BCUT2D eigenvalue weighted by Gasteiger charge is -2.09. The fourth-order valence-corrected chi connectivity index (χ4v) is 1.38. The maximum absolute atomic E-state index is 11.4. The van der Waals surface area contributed by atoms with Crippen molar-refractivity contribution >= 4 is 24.0 Å². The lowest BCUT2D eigenvalue weighted by atomic mass is 10.2. The molecule has 0 aromatic heterocycles. The summed E-state index contributed by atoms with van der Waals surface area (Å²) < 4.78 is 4.54. The summed E-state index contributed by atoms with van der Waals surface area (Å²) >= 11 is 0. The summed E-state index contributed by atoms with van der Waals surface area (Å²) in [7, 11) is 0. The molecule has 110 valence electrons. The number of rotatable bonds is 7. The molecule has 0 bridgehead atoms. The second-order valence-electron chi connectivity index (χ2n) is 3.99. The molecule has 1 rings (SSSR count). The molecule has 0 heterocycles. The third-order valence-corrected chi connectivity index (χ3v) is 2.33. The quantitative estimate of drug-likeness (QED) is 0.450. The van der Waals surface area contributed by atoms with Crippen molar-refractivity contribution in [2.75, 3.05) is 0 Å². The van der Waals surface area contributed by atoms with Crippen LogP contribution in [0.3, 0.4) is 0 Å². The number of aliphatic carboxylic acids is 2. The van der Waals surface area contributed by atoms with Crippen LogP contribution in [0.5, 0.6) is 0 Å². The van der Waals surface area contributed by atoms with Crippen molar-refractivity contribution in [3.05, 3.63) is 54.1 Å². The van der Waals surface area contributed by atoms with E-state index in [-0.39, 0.29) is 0 Å². The Hall–Kier alpha value is -2.89. The van der Waals surface area contributed by atoms with Gasteiger partial charge in [0.1, 0.15) is 0 Å². The fraction of sp³-hybridized carbons (Fsp3) is 0.133. The van der Waals surface area contributed by atoms with Crippen molar-refractivity contribution in [2.45, 2.75) is 12.5 Å². The molecular formula is C15H14O6. The first-order valence-corrected chi connectivity index (χ1v) is 6.04. The van der Waals surface area contributed by atoms with Crippen LogP contribution in [0.25, 0.3) is 6.08 Å². The van der Waals surface area contributed by atoms with E-state index in [9.17, 15) is 14.4 Å². The van der Waals surface area contributed by atoms with Gasteiger partial charge in [0, 0.05) is 6.08 Å². The highest BCUT2D eigenvalue weighted by Crippen LogP contribution is 2.02. The maximum atomic E-state index is 11.4. The van der Waals surface area contributed by atoms with E-state index in [0.29, 0.717) is 0 Å². The SMILES string of the molecule is O=C(O)CC(OC(=O)/C=C/C=C/c1ccccc1)C(=O)O. The summed E-state index contributed by atoms with van der Waals surface area (Å²) in [5.41, 5.74) is 0.935. The Bertz CT molecular complexity index is 559. The fourth-order valence-electron chi connectivity index (χ4n) is 1.38. The van der Waals surface area contributed by atoms with Crippen molar-refractivity contribution in [3.8, 4) is 0 Å². The smallest absolute Gasteiger partial charge is 0.345 e. The normalized spacial score (nSPS) is 12.4. The zero-order chi connectivity index (χ0) is 15.7. The van der Waals surface area contributed by atoms with Crippen LogP contribution < -0.4 is 0 Å². The third kappa shape index (κ3) is 6.72. The van der Waals surface area contributed by atoms with Crippen molar-refractivity contribution < 1.29 is 29.3 Å². The molecular weight excluding hydrogens is 276 g/mol. The lowest BCUT2D eigenvalue weighted by molar-refractivity contribution is -0.164. The molecule has 1 unspecified atom stereocenters. The molecule has 6 nitrogen and oxygen atoms in total. The lowest BCUT2D eigenvalue weighted by Crippen LogP contribution is -2.28. The molecule has 0 aliphatic rings. The Morgan fingerprint density at radius 3 is 2.33 bits per heavy atom. The minimum absolute atomic E-state index is 0.783. The number of carboxylic acids is 2. The Kier molecular flexibility index (Phi) is 6.40. The summed E-state index contributed by atoms with van der Waals surface area (Å²) in [5, 5.41) is 17.2. The number of carbonyl (C=O) groups is 3. The van der Waals surface area contributed by atoms with E-state index >= 15 is 0 Å². The van der Waals surface area contributed by atoms with Gasteiger partial charge >= 0.3 is 17.9 Å². The molecule has 1 aromatic carbocycles. The largest absolute Gasteiger partial charge is 0.481 e. The third-order valence-electron chi connectivity index (χ3n) is 2.33. The van der Waals surface area contributed by atoms with Gasteiger partial charge in [-0.25, -0.2) is 9.59 Å². The average Bonchev–Trinajstić information content (AvgIpc) is 2.43. The number of esters is 1. The predicted molar refractivity (Wildman–Crippen MR) is 74.4 cm³/mol. The van der Waals surface area contributed by atoms with Crippen molar-refractivity contribution in [1.82, 2.24) is 0 Å². The number of hydrogen-bond donors (Lipinski definition) is 2. The molecule has 0 aliphatic heterocycles. The van der Waals surface area contributed by atoms with Gasteiger partial charge in [0.2, 0.25) is 6.10 Å². The Labute approximate surface area is 121 Å². The van der Waals surface area contributed by atoms with E-state index in [2.05, 4.69) is 4.74 Å². The number of benzene rings is 1. The number of carboxylic acid groups (broad SMARTS) is 2. The number of carbonyl (C=O) groups excluding carboxylic acids is 1. The Morgan fingerprint density at radius 2 is 1.76 bits per heavy atom. The second kappa shape index (κ2) is 8.31. The van der Waals surface area contributed by atoms with Crippen LogP contribution in [0.4, 0.5) is 0 Å². The van der Waals surface area contributed by atoms with Gasteiger partial charge in [-0.3, -0.25) is 4.79 Å². The molecule has 6 heteroatoms. The monoisotopic (exact) mass is 290 g/mol. The summed E-state index contributed by atoms with van der Waals surface area (Å²) in [6.07, 6.45) is 3.26. The first-order chi connectivity index (χ1) is 9.99. The summed E-state index contributed by atoms with van der Waals surface area (Å²) in [4.78, 5) is 32.5. The van der Waals surface area contributed by atoms with E-state index in [1.54, 1.807) is 12.2 Å². The van der Waals surface area contributed by atoms with Gasteiger partial charge in [-0.1, -0.05) is 48.6 Å². The van der Waals surface area contributed by atoms with Crippen molar-refractivity contribution in [1.29, 1.82) is 0 Å². The molecule has 0 spiro atoms. The second-order valence-corrected chi connectivity index (χ2v) is 3.99. The van der Waals surface area contributed by atoms with Gasteiger partial charge in [0.25, 0.3) is 0 Å². The standard InChI is InChI=1S/C15H14O6/c16-13(17)10-12(15(19)20)21-14(18)9-5-4-8-11-6-2-1-3-7-11/h1-9,12H,10H2,(H,16,17)(H,19,20)/b8-4+,9-5+. The van der Waals surface area contributed by atoms with Crippen molar-refractivity contribution in [3.63, 3.8) is 0 Å². The molecule has 0 saturated carbocycles. The molecule has 0 radical (unpaired) electrons. The maximum Gasteiger partial charge on any atom is 0.345 e. The first-order valence-electron chi connectivity index (χ1n) is 6.04. The van der Waals surface area contributed by atoms with Gasteiger partial charge in [0.05, 0.1) is 6.42 Å². The molecule has 0 fully saturated rings. The predicted octanol–water partition coefficient (Wildman–Crippen LogP) is 1.73. The van der Waals surface area contributed by atoms with E-state index < -0.39 is 30.4 Å². The average molecular weight is 290 g/mol. The summed E-state index contributed by atoms with van der Waals surface area (Å²) in [5.74, 6) is -3.77. The van der Waals surface area contributed by atoms with Crippen LogP contribution in [0.1, 0.15) is 12.0 Å².